The molecule has 3 N–H and O–H groups in total. The van der Waals surface area contributed by atoms with Crippen LogP contribution in [0.15, 0.2) is 18.2 Å². The summed E-state index contributed by atoms with van der Waals surface area (Å²) in [5.41, 5.74) is 3.69. The lowest BCUT2D eigenvalue weighted by Crippen LogP contribution is -2.42. The molecule has 0 spiro atoms. The molecule has 2 heterocycles. The molecule has 150 valence electrons. The summed E-state index contributed by atoms with van der Waals surface area (Å²) in [6.45, 7) is 0.966. The van der Waals surface area contributed by atoms with Gasteiger partial charge in [0.15, 0.2) is 5.82 Å². The van der Waals surface area contributed by atoms with Crippen molar-refractivity contribution >= 4 is 5.82 Å². The van der Waals surface area contributed by atoms with Crippen LogP contribution in [-0.2, 0) is 17.6 Å². The number of aromatic hydroxyl groups is 1. The second-order valence-electron chi connectivity index (χ2n) is 7.48. The lowest BCUT2D eigenvalue weighted by molar-refractivity contribution is -0.0135. The number of fused-ring (bicyclic) bond motifs is 1. The lowest BCUT2D eigenvalue weighted by atomic mass is 9.96. The van der Waals surface area contributed by atoms with Gasteiger partial charge in [-0.2, -0.15) is 0 Å². The largest absolute Gasteiger partial charge is 0.507 e. The van der Waals surface area contributed by atoms with E-state index in [0.29, 0.717) is 24.5 Å². The molecule has 0 amide bonds. The molecule has 1 aromatic carbocycles. The van der Waals surface area contributed by atoms with Crippen molar-refractivity contribution in [2.75, 3.05) is 25.6 Å². The first-order valence-corrected chi connectivity index (χ1v) is 9.95. The van der Waals surface area contributed by atoms with Gasteiger partial charge in [-0.3, -0.25) is 0 Å². The predicted molar refractivity (Wildman–Crippen MR) is 106 cm³/mol. The maximum atomic E-state index is 10.5. The molecule has 1 aliphatic heterocycles. The van der Waals surface area contributed by atoms with Crippen LogP contribution in [-0.4, -0.2) is 52.9 Å². The van der Waals surface area contributed by atoms with Crippen molar-refractivity contribution in [1.82, 2.24) is 10.2 Å². The van der Waals surface area contributed by atoms with Crippen LogP contribution in [0, 0.1) is 0 Å². The van der Waals surface area contributed by atoms with E-state index >= 15 is 0 Å². The third kappa shape index (κ3) is 3.77. The van der Waals surface area contributed by atoms with Gasteiger partial charge >= 0.3 is 0 Å². The molecule has 1 aromatic heterocycles. The van der Waals surface area contributed by atoms with Gasteiger partial charge in [0.05, 0.1) is 25.9 Å². The Bertz CT molecular complexity index is 843. The van der Waals surface area contributed by atoms with Crippen molar-refractivity contribution in [3.8, 4) is 22.8 Å². The number of nitrogens with zero attached hydrogens (tertiary/aromatic N) is 2. The molecule has 0 saturated carbocycles. The van der Waals surface area contributed by atoms with Crippen LogP contribution >= 0.6 is 0 Å². The molecule has 0 unspecified atom stereocenters. The molecule has 0 radical (unpaired) electrons. The van der Waals surface area contributed by atoms with Crippen LogP contribution in [0.3, 0.4) is 0 Å². The van der Waals surface area contributed by atoms with Crippen molar-refractivity contribution in [3.63, 3.8) is 0 Å². The summed E-state index contributed by atoms with van der Waals surface area (Å²) in [6.07, 6.45) is 5.33. The van der Waals surface area contributed by atoms with Crippen LogP contribution in [0.25, 0.3) is 11.3 Å². The summed E-state index contributed by atoms with van der Waals surface area (Å²) < 4.78 is 10.5. The van der Waals surface area contributed by atoms with Crippen LogP contribution in [0.5, 0.6) is 11.5 Å². The number of hydrogen-bond acceptors (Lipinski definition) is 7. The number of aromatic nitrogens is 2. The average molecular weight is 385 g/mol. The fraction of sp³-hybridized carbons (Fsp3) is 0.524. The zero-order valence-corrected chi connectivity index (χ0v) is 16.1. The van der Waals surface area contributed by atoms with E-state index in [1.807, 2.05) is 12.1 Å². The van der Waals surface area contributed by atoms with Gasteiger partial charge in [0, 0.05) is 23.8 Å². The monoisotopic (exact) mass is 385 g/mol. The first kappa shape index (κ1) is 19.0. The second-order valence-corrected chi connectivity index (χ2v) is 7.48. The standard InChI is InChI=1S/C21H27N3O4/c1-27-13-7-8-16(18(25)11-13)20-14-5-3-2-4-6-15(14)21(24-23-20)22-17-9-10-28-12-19(17)26/h7-8,11,17,19,25-26H,2-6,9-10,12H2,1H3,(H,22,24)/t17-,19-/m1/s1. The second kappa shape index (κ2) is 8.32. The summed E-state index contributed by atoms with van der Waals surface area (Å²) in [5.74, 6) is 1.49. The van der Waals surface area contributed by atoms with E-state index in [9.17, 15) is 10.2 Å². The number of methoxy groups -OCH3 is 1. The molecule has 1 aliphatic carbocycles. The van der Waals surface area contributed by atoms with Crippen molar-refractivity contribution < 1.29 is 19.7 Å². The molecule has 2 atom stereocenters. The molecule has 0 bridgehead atoms. The highest BCUT2D eigenvalue weighted by molar-refractivity contribution is 5.73. The fourth-order valence-electron chi connectivity index (χ4n) is 4.06. The van der Waals surface area contributed by atoms with Crippen molar-refractivity contribution in [3.05, 3.63) is 29.3 Å². The van der Waals surface area contributed by atoms with E-state index in [4.69, 9.17) is 9.47 Å². The summed E-state index contributed by atoms with van der Waals surface area (Å²) >= 11 is 0. The highest BCUT2D eigenvalue weighted by Crippen LogP contribution is 2.37. The molecule has 2 aromatic rings. The summed E-state index contributed by atoms with van der Waals surface area (Å²) in [5, 5.41) is 33.1. The van der Waals surface area contributed by atoms with Gasteiger partial charge in [-0.15, -0.1) is 10.2 Å². The van der Waals surface area contributed by atoms with Gasteiger partial charge in [0.1, 0.15) is 17.2 Å². The Morgan fingerprint density at radius 2 is 1.96 bits per heavy atom. The number of nitrogens with one attached hydrogen (secondary N) is 1. The molecular weight excluding hydrogens is 358 g/mol. The molecule has 1 fully saturated rings. The van der Waals surface area contributed by atoms with Crippen LogP contribution in [0.1, 0.15) is 36.8 Å². The van der Waals surface area contributed by atoms with Gasteiger partial charge in [-0.25, -0.2) is 0 Å². The highest BCUT2D eigenvalue weighted by atomic mass is 16.5. The van der Waals surface area contributed by atoms with Gasteiger partial charge in [0.2, 0.25) is 0 Å². The van der Waals surface area contributed by atoms with E-state index in [2.05, 4.69) is 15.5 Å². The quantitative estimate of drug-likeness (QED) is 0.696. The normalized spacial score (nSPS) is 22.2. The van der Waals surface area contributed by atoms with E-state index in [1.54, 1.807) is 13.2 Å². The number of anilines is 1. The zero-order valence-electron chi connectivity index (χ0n) is 16.1. The lowest BCUT2D eigenvalue weighted by Gasteiger charge is -2.29. The summed E-state index contributed by atoms with van der Waals surface area (Å²) in [6, 6.07) is 5.17. The number of aliphatic hydroxyl groups excluding tert-OH is 1. The van der Waals surface area contributed by atoms with E-state index in [0.717, 1.165) is 61.2 Å². The first-order chi connectivity index (χ1) is 13.7. The summed E-state index contributed by atoms with van der Waals surface area (Å²) in [7, 11) is 1.57. The maximum Gasteiger partial charge on any atom is 0.152 e. The van der Waals surface area contributed by atoms with Gasteiger partial charge < -0.3 is 25.0 Å². The average Bonchev–Trinajstić information content (AvgIpc) is 2.97. The third-order valence-electron chi connectivity index (χ3n) is 5.65. The van der Waals surface area contributed by atoms with E-state index < -0.39 is 6.10 Å². The van der Waals surface area contributed by atoms with Crippen LogP contribution < -0.4 is 10.1 Å². The van der Waals surface area contributed by atoms with Gasteiger partial charge in [-0.05, 0) is 49.8 Å². The number of aliphatic hydroxyl groups is 1. The minimum absolute atomic E-state index is 0.0874. The number of phenolic OH excluding ortho intramolecular Hbond substituents is 1. The van der Waals surface area contributed by atoms with Crippen molar-refractivity contribution in [2.24, 2.45) is 0 Å². The minimum atomic E-state index is -0.553. The number of hydrogen-bond donors (Lipinski definition) is 3. The summed E-state index contributed by atoms with van der Waals surface area (Å²) in [4.78, 5) is 0. The van der Waals surface area contributed by atoms with E-state index in [1.165, 1.54) is 0 Å². The van der Waals surface area contributed by atoms with E-state index in [-0.39, 0.29) is 11.8 Å². The van der Waals surface area contributed by atoms with Crippen LogP contribution in [0.2, 0.25) is 0 Å². The Kier molecular flexibility index (Phi) is 5.64. The minimum Gasteiger partial charge on any atom is -0.507 e. The molecular formula is C21H27N3O4. The topological polar surface area (TPSA) is 96.7 Å². The van der Waals surface area contributed by atoms with Crippen molar-refractivity contribution in [1.29, 1.82) is 0 Å². The van der Waals surface area contributed by atoms with Crippen LogP contribution in [0.4, 0.5) is 5.82 Å². The smallest absolute Gasteiger partial charge is 0.152 e. The Morgan fingerprint density at radius 3 is 2.71 bits per heavy atom. The SMILES string of the molecule is COc1ccc(-c2nnc(N[C@@H]3CCOC[C@H]3O)c3c2CCCCC3)c(O)c1. The van der Waals surface area contributed by atoms with Crippen molar-refractivity contribution in [2.45, 2.75) is 50.7 Å². The Morgan fingerprint density at radius 1 is 1.14 bits per heavy atom. The van der Waals surface area contributed by atoms with Gasteiger partial charge in [-0.1, -0.05) is 6.42 Å². The Hall–Kier alpha value is -2.38. The zero-order chi connectivity index (χ0) is 19.5. The maximum absolute atomic E-state index is 10.5. The number of rotatable bonds is 4. The fourth-order valence-corrected chi connectivity index (χ4v) is 4.06. The molecule has 7 heteroatoms. The number of phenols is 1. The predicted octanol–water partition coefficient (Wildman–Crippen LogP) is 2.69. The Labute approximate surface area is 164 Å². The molecule has 28 heavy (non-hydrogen) atoms. The molecule has 1 saturated heterocycles. The highest BCUT2D eigenvalue weighted by Gasteiger charge is 2.27. The molecule has 2 aliphatic rings. The number of benzene rings is 1. The Balaban J connectivity index is 1.73. The third-order valence-corrected chi connectivity index (χ3v) is 5.65. The molecule has 4 rings (SSSR count). The number of ether oxygens (including phenoxy) is 2. The molecule has 7 nitrogen and oxygen atoms in total. The first-order valence-electron chi connectivity index (χ1n) is 9.95. The van der Waals surface area contributed by atoms with Gasteiger partial charge in [0.25, 0.3) is 0 Å².